The van der Waals surface area contributed by atoms with Gasteiger partial charge >= 0.3 is 0 Å². The summed E-state index contributed by atoms with van der Waals surface area (Å²) in [6, 6.07) is 1.66. The second-order valence-electron chi connectivity index (χ2n) is 5.10. The molecule has 1 aromatic rings. The normalized spacial score (nSPS) is 15.2. The van der Waals surface area contributed by atoms with Crippen molar-refractivity contribution < 1.29 is 9.90 Å². The van der Waals surface area contributed by atoms with Crippen LogP contribution in [-0.2, 0) is 0 Å². The minimum absolute atomic E-state index is 0.111. The summed E-state index contributed by atoms with van der Waals surface area (Å²) in [6.45, 7) is 0.506. The fraction of sp³-hybridized carbons (Fsp3) is 0.500. The molecule has 0 saturated heterocycles. The minimum Gasteiger partial charge on any atom is -0.384 e. The Hall–Kier alpha value is -1.86. The van der Waals surface area contributed by atoms with E-state index in [1.54, 1.807) is 18.5 Å². The molecular formula is C16H20N2O2. The summed E-state index contributed by atoms with van der Waals surface area (Å²) in [6.07, 6.45) is 9.39. The first-order valence-electron chi connectivity index (χ1n) is 7.13. The van der Waals surface area contributed by atoms with Gasteiger partial charge in [-0.3, -0.25) is 9.78 Å². The fourth-order valence-corrected chi connectivity index (χ4v) is 2.55. The lowest BCUT2D eigenvalue weighted by atomic mass is 9.89. The van der Waals surface area contributed by atoms with Crippen LogP contribution in [0.1, 0.15) is 48.0 Å². The van der Waals surface area contributed by atoms with Crippen molar-refractivity contribution in [2.45, 2.75) is 32.1 Å². The number of amides is 1. The number of nitrogens with zero attached hydrogens (tertiary/aromatic N) is 1. The lowest BCUT2D eigenvalue weighted by Crippen LogP contribution is -2.30. The van der Waals surface area contributed by atoms with Gasteiger partial charge in [-0.05, 0) is 24.8 Å². The Labute approximate surface area is 119 Å². The molecule has 1 aliphatic rings. The number of carbonyl (C=O) groups excluding carboxylic acids is 1. The van der Waals surface area contributed by atoms with Crippen molar-refractivity contribution in [3.8, 4) is 11.8 Å². The Morgan fingerprint density at radius 2 is 2.20 bits per heavy atom. The predicted octanol–water partition coefficient (Wildman–Crippen LogP) is 1.74. The monoisotopic (exact) mass is 272 g/mol. The maximum atomic E-state index is 12.2. The quantitative estimate of drug-likeness (QED) is 0.824. The van der Waals surface area contributed by atoms with Crippen LogP contribution in [0.2, 0.25) is 0 Å². The van der Waals surface area contributed by atoms with Gasteiger partial charge < -0.3 is 10.4 Å². The van der Waals surface area contributed by atoms with Crippen LogP contribution in [0, 0.1) is 17.8 Å². The Morgan fingerprint density at radius 1 is 1.40 bits per heavy atom. The van der Waals surface area contributed by atoms with Crippen LogP contribution in [-0.4, -0.2) is 29.1 Å². The van der Waals surface area contributed by atoms with E-state index in [-0.39, 0.29) is 12.5 Å². The zero-order valence-electron chi connectivity index (χ0n) is 11.6. The lowest BCUT2D eigenvalue weighted by Gasteiger charge is -2.21. The second kappa shape index (κ2) is 7.66. The molecule has 2 rings (SSSR count). The van der Waals surface area contributed by atoms with Crippen LogP contribution >= 0.6 is 0 Å². The number of nitrogens with one attached hydrogen (secondary N) is 1. The van der Waals surface area contributed by atoms with E-state index in [9.17, 15) is 4.79 Å². The van der Waals surface area contributed by atoms with E-state index in [1.807, 2.05) is 0 Å². The molecule has 1 fully saturated rings. The molecule has 4 nitrogen and oxygen atoms in total. The van der Waals surface area contributed by atoms with Crippen molar-refractivity contribution in [3.63, 3.8) is 0 Å². The first-order valence-corrected chi connectivity index (χ1v) is 7.13. The SMILES string of the molecule is O=C(NCC1CCCCC1)c1ccncc1C#CCO. The van der Waals surface area contributed by atoms with E-state index in [1.165, 1.54) is 32.1 Å². The van der Waals surface area contributed by atoms with E-state index in [2.05, 4.69) is 22.1 Å². The number of aromatic nitrogens is 1. The fourth-order valence-electron chi connectivity index (χ4n) is 2.55. The first kappa shape index (κ1) is 14.5. The molecule has 4 heteroatoms. The van der Waals surface area contributed by atoms with E-state index in [0.717, 1.165) is 6.54 Å². The molecule has 1 aromatic heterocycles. The maximum Gasteiger partial charge on any atom is 0.252 e. The van der Waals surface area contributed by atoms with Crippen molar-refractivity contribution in [1.29, 1.82) is 0 Å². The van der Waals surface area contributed by atoms with Gasteiger partial charge in [-0.2, -0.15) is 0 Å². The van der Waals surface area contributed by atoms with Gasteiger partial charge in [-0.1, -0.05) is 31.1 Å². The summed E-state index contributed by atoms with van der Waals surface area (Å²) in [7, 11) is 0. The molecule has 1 heterocycles. The molecule has 0 aromatic carbocycles. The van der Waals surface area contributed by atoms with Crippen molar-refractivity contribution in [2.75, 3.05) is 13.2 Å². The highest BCUT2D eigenvalue weighted by Crippen LogP contribution is 2.22. The van der Waals surface area contributed by atoms with Crippen LogP contribution < -0.4 is 5.32 Å². The molecule has 0 spiro atoms. The van der Waals surface area contributed by atoms with Crippen LogP contribution in [0.15, 0.2) is 18.5 Å². The summed E-state index contributed by atoms with van der Waals surface area (Å²) in [5, 5.41) is 11.7. The predicted molar refractivity (Wildman–Crippen MR) is 77.1 cm³/mol. The van der Waals surface area contributed by atoms with Crippen LogP contribution in [0.3, 0.4) is 0 Å². The Kier molecular flexibility index (Phi) is 5.57. The lowest BCUT2D eigenvalue weighted by molar-refractivity contribution is 0.0943. The van der Waals surface area contributed by atoms with E-state index in [0.29, 0.717) is 17.0 Å². The summed E-state index contributed by atoms with van der Waals surface area (Å²) < 4.78 is 0. The Morgan fingerprint density at radius 3 is 2.95 bits per heavy atom. The Balaban J connectivity index is 1.97. The van der Waals surface area contributed by atoms with Crippen molar-refractivity contribution in [2.24, 2.45) is 5.92 Å². The molecule has 1 saturated carbocycles. The summed E-state index contributed by atoms with van der Waals surface area (Å²) in [5.74, 6) is 5.80. The molecule has 2 N–H and O–H groups in total. The van der Waals surface area contributed by atoms with Crippen LogP contribution in [0.25, 0.3) is 0 Å². The molecule has 0 unspecified atom stereocenters. The minimum atomic E-state index is -0.224. The number of carbonyl (C=O) groups is 1. The third kappa shape index (κ3) is 4.07. The molecule has 20 heavy (non-hydrogen) atoms. The molecule has 1 amide bonds. The smallest absolute Gasteiger partial charge is 0.252 e. The van der Waals surface area contributed by atoms with Gasteiger partial charge in [0.05, 0.1) is 11.1 Å². The molecule has 0 aliphatic heterocycles. The third-order valence-electron chi connectivity index (χ3n) is 3.64. The van der Waals surface area contributed by atoms with Crippen LogP contribution in [0.5, 0.6) is 0 Å². The maximum absolute atomic E-state index is 12.2. The molecular weight excluding hydrogens is 252 g/mol. The average molecular weight is 272 g/mol. The molecule has 0 atom stereocenters. The van der Waals surface area contributed by atoms with Gasteiger partial charge in [0.25, 0.3) is 5.91 Å². The standard InChI is InChI=1S/C16H20N2O2/c19-10-4-7-14-12-17-9-8-15(14)16(20)18-11-13-5-2-1-3-6-13/h8-9,12-13,19H,1-3,5-6,10-11H2,(H,18,20). The number of aliphatic hydroxyl groups is 1. The highest BCUT2D eigenvalue weighted by Gasteiger charge is 2.16. The average Bonchev–Trinajstić information content (AvgIpc) is 2.52. The number of aliphatic hydroxyl groups excluding tert-OH is 1. The Bertz CT molecular complexity index is 511. The zero-order valence-corrected chi connectivity index (χ0v) is 11.6. The van der Waals surface area contributed by atoms with Gasteiger partial charge in [0.1, 0.15) is 6.61 Å². The second-order valence-corrected chi connectivity index (χ2v) is 5.10. The molecule has 0 radical (unpaired) electrons. The van der Waals surface area contributed by atoms with Crippen molar-refractivity contribution >= 4 is 5.91 Å². The van der Waals surface area contributed by atoms with E-state index < -0.39 is 0 Å². The summed E-state index contributed by atoms with van der Waals surface area (Å²) in [4.78, 5) is 16.2. The van der Waals surface area contributed by atoms with Gasteiger partial charge in [0, 0.05) is 18.9 Å². The van der Waals surface area contributed by atoms with Crippen LogP contribution in [0.4, 0.5) is 0 Å². The van der Waals surface area contributed by atoms with Gasteiger partial charge in [-0.15, -0.1) is 0 Å². The molecule has 0 bridgehead atoms. The number of hydrogen-bond acceptors (Lipinski definition) is 3. The van der Waals surface area contributed by atoms with Gasteiger partial charge in [0.15, 0.2) is 0 Å². The van der Waals surface area contributed by atoms with Gasteiger partial charge in [0.2, 0.25) is 0 Å². The number of rotatable bonds is 3. The van der Waals surface area contributed by atoms with E-state index >= 15 is 0 Å². The third-order valence-corrected chi connectivity index (χ3v) is 3.64. The van der Waals surface area contributed by atoms with Crippen molar-refractivity contribution in [3.05, 3.63) is 29.6 Å². The first-order chi connectivity index (χ1) is 9.81. The summed E-state index contributed by atoms with van der Waals surface area (Å²) in [5.41, 5.74) is 1.08. The zero-order chi connectivity index (χ0) is 14.2. The largest absolute Gasteiger partial charge is 0.384 e. The van der Waals surface area contributed by atoms with E-state index in [4.69, 9.17) is 5.11 Å². The number of pyridine rings is 1. The highest BCUT2D eigenvalue weighted by atomic mass is 16.2. The molecule has 106 valence electrons. The topological polar surface area (TPSA) is 62.2 Å². The summed E-state index contributed by atoms with van der Waals surface area (Å²) >= 11 is 0. The highest BCUT2D eigenvalue weighted by molar-refractivity contribution is 5.96. The number of hydrogen-bond donors (Lipinski definition) is 2. The molecule has 1 aliphatic carbocycles. The van der Waals surface area contributed by atoms with Crippen molar-refractivity contribution in [1.82, 2.24) is 10.3 Å². The van der Waals surface area contributed by atoms with Gasteiger partial charge in [-0.25, -0.2) is 0 Å².